The summed E-state index contributed by atoms with van der Waals surface area (Å²) in [5.74, 6) is 0.888. The van der Waals surface area contributed by atoms with Crippen LogP contribution in [0, 0.1) is 5.92 Å². The van der Waals surface area contributed by atoms with Crippen LogP contribution in [0.15, 0.2) is 24.5 Å². The molecule has 2 amide bonds. The molecule has 1 atom stereocenters. The van der Waals surface area contributed by atoms with Crippen LogP contribution < -0.4 is 5.32 Å². The molecular weight excluding hydrogens is 288 g/mol. The number of urea groups is 1. The van der Waals surface area contributed by atoms with E-state index in [1.54, 1.807) is 17.3 Å². The number of pyridine rings is 1. The zero-order valence-corrected chi connectivity index (χ0v) is 14.1. The minimum absolute atomic E-state index is 0.0227. The number of amides is 2. The van der Waals surface area contributed by atoms with Crippen molar-refractivity contribution in [3.05, 3.63) is 30.1 Å². The zero-order valence-electron chi connectivity index (χ0n) is 14.1. The molecule has 2 fully saturated rings. The maximum Gasteiger partial charge on any atom is 0.317 e. The summed E-state index contributed by atoms with van der Waals surface area (Å²) in [4.78, 5) is 20.6. The lowest BCUT2D eigenvalue weighted by molar-refractivity contribution is 0.201. The Bertz CT molecular complexity index is 501. The van der Waals surface area contributed by atoms with Gasteiger partial charge in [0.1, 0.15) is 0 Å². The molecule has 126 valence electrons. The molecule has 2 aliphatic rings. The van der Waals surface area contributed by atoms with Crippen LogP contribution >= 0.6 is 0 Å². The van der Waals surface area contributed by atoms with Crippen molar-refractivity contribution < 1.29 is 4.79 Å². The number of carbonyl (C=O) groups excluding carboxylic acids is 1. The first-order valence-electron chi connectivity index (χ1n) is 8.83. The molecule has 23 heavy (non-hydrogen) atoms. The van der Waals surface area contributed by atoms with E-state index in [1.807, 2.05) is 19.2 Å². The fourth-order valence-electron chi connectivity index (χ4n) is 3.79. The highest BCUT2D eigenvalue weighted by molar-refractivity contribution is 5.74. The van der Waals surface area contributed by atoms with Crippen LogP contribution in [-0.2, 0) is 6.54 Å². The Labute approximate surface area is 139 Å². The summed E-state index contributed by atoms with van der Waals surface area (Å²) in [6, 6.07) is 4.21. The van der Waals surface area contributed by atoms with Gasteiger partial charge in [-0.2, -0.15) is 0 Å². The topological polar surface area (TPSA) is 48.5 Å². The Morgan fingerprint density at radius 3 is 2.78 bits per heavy atom. The first kappa shape index (κ1) is 16.2. The van der Waals surface area contributed by atoms with Crippen molar-refractivity contribution in [3.63, 3.8) is 0 Å². The Hall–Kier alpha value is -1.62. The van der Waals surface area contributed by atoms with Gasteiger partial charge in [0.2, 0.25) is 0 Å². The van der Waals surface area contributed by atoms with E-state index >= 15 is 0 Å². The molecule has 1 aliphatic carbocycles. The average molecular weight is 316 g/mol. The monoisotopic (exact) mass is 316 g/mol. The zero-order chi connectivity index (χ0) is 16.1. The Balaban J connectivity index is 1.41. The summed E-state index contributed by atoms with van der Waals surface area (Å²) < 4.78 is 0. The third-order valence-corrected chi connectivity index (χ3v) is 5.11. The second-order valence-electron chi connectivity index (χ2n) is 7.06. The number of carbonyl (C=O) groups is 1. The normalized spacial score (nSPS) is 22.4. The lowest BCUT2D eigenvalue weighted by Crippen LogP contribution is -2.44. The molecule has 0 radical (unpaired) electrons. The van der Waals surface area contributed by atoms with Crippen LogP contribution in [0.3, 0.4) is 0 Å². The van der Waals surface area contributed by atoms with Gasteiger partial charge in [0.05, 0.1) is 0 Å². The van der Waals surface area contributed by atoms with E-state index in [-0.39, 0.29) is 6.03 Å². The van der Waals surface area contributed by atoms with Crippen molar-refractivity contribution in [1.29, 1.82) is 0 Å². The number of nitrogens with one attached hydrogen (secondary N) is 1. The van der Waals surface area contributed by atoms with Crippen molar-refractivity contribution in [2.45, 2.75) is 44.7 Å². The van der Waals surface area contributed by atoms with E-state index in [9.17, 15) is 4.79 Å². The SMILES string of the molecule is CN(Cc1ccncc1)C(=O)N[C@H]1CCN(CC2CCCC2)C1. The quantitative estimate of drug-likeness (QED) is 0.908. The molecule has 1 aliphatic heterocycles. The molecule has 5 nitrogen and oxygen atoms in total. The molecule has 3 rings (SSSR count). The lowest BCUT2D eigenvalue weighted by atomic mass is 10.1. The molecule has 1 aromatic heterocycles. The van der Waals surface area contributed by atoms with Crippen molar-refractivity contribution in [3.8, 4) is 0 Å². The fourth-order valence-corrected chi connectivity index (χ4v) is 3.79. The van der Waals surface area contributed by atoms with Crippen LogP contribution in [0.5, 0.6) is 0 Å². The van der Waals surface area contributed by atoms with E-state index in [2.05, 4.69) is 15.2 Å². The number of aromatic nitrogens is 1. The molecule has 1 saturated heterocycles. The maximum absolute atomic E-state index is 12.3. The van der Waals surface area contributed by atoms with Gasteiger partial charge in [0.15, 0.2) is 0 Å². The summed E-state index contributed by atoms with van der Waals surface area (Å²) in [6.45, 7) is 3.97. The Morgan fingerprint density at radius 2 is 2.04 bits per heavy atom. The highest BCUT2D eigenvalue weighted by Gasteiger charge is 2.27. The predicted octanol–water partition coefficient (Wildman–Crippen LogP) is 2.49. The van der Waals surface area contributed by atoms with Gasteiger partial charge in [-0.1, -0.05) is 12.8 Å². The molecular formula is C18H28N4O. The molecule has 0 aromatic carbocycles. The third kappa shape index (κ3) is 4.67. The number of hydrogen-bond donors (Lipinski definition) is 1. The van der Waals surface area contributed by atoms with Crippen LogP contribution in [0.4, 0.5) is 4.79 Å². The smallest absolute Gasteiger partial charge is 0.317 e. The molecule has 5 heteroatoms. The minimum atomic E-state index is 0.0227. The molecule has 0 spiro atoms. The van der Waals surface area contributed by atoms with Crippen molar-refractivity contribution in [2.75, 3.05) is 26.7 Å². The predicted molar refractivity (Wildman–Crippen MR) is 91.0 cm³/mol. The highest BCUT2D eigenvalue weighted by atomic mass is 16.2. The van der Waals surface area contributed by atoms with E-state index < -0.39 is 0 Å². The van der Waals surface area contributed by atoms with Crippen LogP contribution in [0.2, 0.25) is 0 Å². The highest BCUT2D eigenvalue weighted by Crippen LogP contribution is 2.26. The first-order valence-corrected chi connectivity index (χ1v) is 8.83. The van der Waals surface area contributed by atoms with Gasteiger partial charge in [0, 0.05) is 51.7 Å². The Morgan fingerprint density at radius 1 is 1.30 bits per heavy atom. The van der Waals surface area contributed by atoms with E-state index in [4.69, 9.17) is 0 Å². The van der Waals surface area contributed by atoms with Gasteiger partial charge in [-0.3, -0.25) is 4.98 Å². The fraction of sp³-hybridized carbons (Fsp3) is 0.667. The van der Waals surface area contributed by atoms with Crippen LogP contribution in [0.1, 0.15) is 37.7 Å². The largest absolute Gasteiger partial charge is 0.334 e. The third-order valence-electron chi connectivity index (χ3n) is 5.11. The second-order valence-corrected chi connectivity index (χ2v) is 7.06. The summed E-state index contributed by atoms with van der Waals surface area (Å²) in [7, 11) is 1.85. The molecule has 1 aromatic rings. The molecule has 0 unspecified atom stereocenters. The number of likely N-dealkylation sites (tertiary alicyclic amines) is 1. The van der Waals surface area contributed by atoms with Crippen LogP contribution in [0.25, 0.3) is 0 Å². The summed E-state index contributed by atoms with van der Waals surface area (Å²) in [5.41, 5.74) is 1.10. The van der Waals surface area contributed by atoms with Gasteiger partial charge >= 0.3 is 6.03 Å². The summed E-state index contributed by atoms with van der Waals surface area (Å²) in [6.07, 6.45) is 10.2. The van der Waals surface area contributed by atoms with E-state index in [1.165, 1.54) is 32.2 Å². The molecule has 0 bridgehead atoms. The van der Waals surface area contributed by atoms with Gasteiger partial charge in [-0.15, -0.1) is 0 Å². The average Bonchev–Trinajstić information content (AvgIpc) is 3.21. The van der Waals surface area contributed by atoms with Crippen molar-refractivity contribution in [1.82, 2.24) is 20.1 Å². The molecule has 2 heterocycles. The van der Waals surface area contributed by atoms with Gasteiger partial charge < -0.3 is 15.1 Å². The first-order chi connectivity index (χ1) is 11.2. The van der Waals surface area contributed by atoms with Gasteiger partial charge in [-0.05, 0) is 42.9 Å². The lowest BCUT2D eigenvalue weighted by Gasteiger charge is -2.22. The number of rotatable bonds is 5. The van der Waals surface area contributed by atoms with Crippen LogP contribution in [-0.4, -0.2) is 53.5 Å². The summed E-state index contributed by atoms with van der Waals surface area (Å²) >= 11 is 0. The molecule has 1 saturated carbocycles. The maximum atomic E-state index is 12.3. The summed E-state index contributed by atoms with van der Waals surface area (Å²) in [5, 5.41) is 3.18. The van der Waals surface area contributed by atoms with Gasteiger partial charge in [0.25, 0.3) is 0 Å². The van der Waals surface area contributed by atoms with E-state index in [0.717, 1.165) is 31.0 Å². The Kier molecular flexibility index (Phi) is 5.49. The second kappa shape index (κ2) is 7.77. The van der Waals surface area contributed by atoms with E-state index in [0.29, 0.717) is 12.6 Å². The number of nitrogens with zero attached hydrogens (tertiary/aromatic N) is 3. The minimum Gasteiger partial charge on any atom is -0.334 e. The number of hydrogen-bond acceptors (Lipinski definition) is 3. The van der Waals surface area contributed by atoms with Gasteiger partial charge in [-0.25, -0.2) is 4.79 Å². The standard InChI is InChI=1S/C18H28N4O/c1-21(12-16-6-9-19-10-7-16)18(23)20-17-8-11-22(14-17)13-15-4-2-3-5-15/h6-7,9-10,15,17H,2-5,8,11-14H2,1H3,(H,20,23)/t17-/m0/s1. The molecule has 1 N–H and O–H groups in total. The van der Waals surface area contributed by atoms with Crippen molar-refractivity contribution in [2.24, 2.45) is 5.92 Å². The van der Waals surface area contributed by atoms with Crippen molar-refractivity contribution >= 4 is 6.03 Å².